The number of hydrogen-bond donors (Lipinski definition) is 0. The smallest absolute Gasteiger partial charge is 0.305 e. The average Bonchev–Trinajstić information content (AvgIpc) is 2.40. The first kappa shape index (κ1) is 18.4. The van der Waals surface area contributed by atoms with Crippen molar-refractivity contribution in [2.75, 3.05) is 46.2 Å². The second-order valence-corrected chi connectivity index (χ2v) is 4.16. The van der Waals surface area contributed by atoms with E-state index in [0.717, 1.165) is 25.9 Å². The molecule has 0 aromatic carbocycles. The van der Waals surface area contributed by atoms with E-state index >= 15 is 0 Å². The van der Waals surface area contributed by atoms with Crippen LogP contribution in [0.15, 0.2) is 0 Å². The van der Waals surface area contributed by atoms with E-state index in [9.17, 15) is 4.79 Å². The Balaban J connectivity index is 3.01. The number of hydrogen-bond acceptors (Lipinski definition) is 5. The summed E-state index contributed by atoms with van der Waals surface area (Å²) in [5.41, 5.74) is 0. The second kappa shape index (κ2) is 15.4. The fraction of sp³-hybridized carbons (Fsp3) is 0.929. The van der Waals surface area contributed by atoms with Crippen LogP contribution in [-0.2, 0) is 23.7 Å². The van der Waals surface area contributed by atoms with Crippen LogP contribution in [0.1, 0.15) is 39.5 Å². The molecule has 0 aliphatic heterocycles. The van der Waals surface area contributed by atoms with Crippen LogP contribution < -0.4 is 0 Å². The van der Waals surface area contributed by atoms with Crippen molar-refractivity contribution in [2.45, 2.75) is 39.5 Å². The summed E-state index contributed by atoms with van der Waals surface area (Å²) in [5.74, 6) is -0.161. The highest BCUT2D eigenvalue weighted by Crippen LogP contribution is 1.91. The minimum Gasteiger partial charge on any atom is -0.463 e. The molecule has 0 saturated carbocycles. The van der Waals surface area contributed by atoms with Crippen LogP contribution in [0.2, 0.25) is 0 Å². The molecular weight excluding hydrogens is 248 g/mol. The number of ether oxygens (including phenoxy) is 4. The summed E-state index contributed by atoms with van der Waals surface area (Å²) in [7, 11) is 0. The van der Waals surface area contributed by atoms with Crippen molar-refractivity contribution in [3.63, 3.8) is 0 Å². The Hall–Kier alpha value is -0.650. The maximum absolute atomic E-state index is 11.0. The van der Waals surface area contributed by atoms with E-state index in [-0.39, 0.29) is 5.97 Å². The van der Waals surface area contributed by atoms with Gasteiger partial charge in [-0.2, -0.15) is 0 Å². The largest absolute Gasteiger partial charge is 0.463 e. The Morgan fingerprint density at radius 3 is 1.79 bits per heavy atom. The van der Waals surface area contributed by atoms with Gasteiger partial charge in [0.15, 0.2) is 0 Å². The molecule has 0 aromatic heterocycles. The van der Waals surface area contributed by atoms with Gasteiger partial charge in [0.25, 0.3) is 0 Å². The fourth-order valence-electron chi connectivity index (χ4n) is 1.28. The molecule has 0 fully saturated rings. The monoisotopic (exact) mass is 276 g/mol. The molecule has 0 bridgehead atoms. The molecule has 0 saturated heterocycles. The molecule has 19 heavy (non-hydrogen) atoms. The minimum absolute atomic E-state index is 0.161. The normalized spacial score (nSPS) is 10.6. The van der Waals surface area contributed by atoms with Crippen LogP contribution in [0, 0.1) is 0 Å². The predicted octanol–water partition coefficient (Wildman–Crippen LogP) is 2.18. The van der Waals surface area contributed by atoms with Crippen LogP contribution in [0.4, 0.5) is 0 Å². The first-order valence-electron chi connectivity index (χ1n) is 7.20. The maximum Gasteiger partial charge on any atom is 0.305 e. The summed E-state index contributed by atoms with van der Waals surface area (Å²) in [5, 5.41) is 0. The molecule has 0 aromatic rings. The quantitative estimate of drug-likeness (QED) is 0.359. The summed E-state index contributed by atoms with van der Waals surface area (Å²) < 4.78 is 20.9. The van der Waals surface area contributed by atoms with Gasteiger partial charge in [-0.25, -0.2) is 0 Å². The van der Waals surface area contributed by atoms with Crippen LogP contribution in [0.5, 0.6) is 0 Å². The fourth-order valence-corrected chi connectivity index (χ4v) is 1.28. The lowest BCUT2D eigenvalue weighted by Crippen LogP contribution is -2.13. The van der Waals surface area contributed by atoms with Crippen molar-refractivity contribution >= 4 is 5.97 Å². The summed E-state index contributed by atoms with van der Waals surface area (Å²) in [6.07, 6.45) is 3.53. The molecule has 0 rings (SSSR count). The van der Waals surface area contributed by atoms with Gasteiger partial charge >= 0.3 is 5.97 Å². The lowest BCUT2D eigenvalue weighted by atomic mass is 10.3. The van der Waals surface area contributed by atoms with Gasteiger partial charge in [-0.1, -0.05) is 20.3 Å². The molecule has 0 N–H and O–H groups in total. The van der Waals surface area contributed by atoms with E-state index < -0.39 is 0 Å². The summed E-state index contributed by atoms with van der Waals surface area (Å²) >= 11 is 0. The van der Waals surface area contributed by atoms with E-state index in [1.54, 1.807) is 0 Å². The van der Waals surface area contributed by atoms with Gasteiger partial charge < -0.3 is 18.9 Å². The van der Waals surface area contributed by atoms with Crippen molar-refractivity contribution in [1.82, 2.24) is 0 Å². The molecule has 0 heterocycles. The number of unbranched alkanes of at least 4 members (excludes halogenated alkanes) is 1. The van der Waals surface area contributed by atoms with Crippen molar-refractivity contribution < 1.29 is 23.7 Å². The topological polar surface area (TPSA) is 54.0 Å². The summed E-state index contributed by atoms with van der Waals surface area (Å²) in [6.45, 7) is 7.91. The molecule has 0 unspecified atom stereocenters. The molecular formula is C14H28O5. The third kappa shape index (κ3) is 15.3. The first-order valence-corrected chi connectivity index (χ1v) is 7.20. The van der Waals surface area contributed by atoms with Crippen LogP contribution in [0.25, 0.3) is 0 Å². The lowest BCUT2D eigenvalue weighted by molar-refractivity contribution is -0.145. The molecule has 0 atom stereocenters. The predicted molar refractivity (Wildman–Crippen MR) is 73.2 cm³/mol. The average molecular weight is 276 g/mol. The van der Waals surface area contributed by atoms with Gasteiger partial charge in [-0.15, -0.1) is 0 Å². The van der Waals surface area contributed by atoms with Gasteiger partial charge in [0, 0.05) is 13.0 Å². The molecule has 0 aliphatic carbocycles. The van der Waals surface area contributed by atoms with Crippen molar-refractivity contribution in [2.24, 2.45) is 0 Å². The van der Waals surface area contributed by atoms with Crippen molar-refractivity contribution in [3.05, 3.63) is 0 Å². The Morgan fingerprint density at radius 2 is 1.26 bits per heavy atom. The summed E-state index contributed by atoms with van der Waals surface area (Å²) in [4.78, 5) is 11.0. The van der Waals surface area contributed by atoms with Gasteiger partial charge in [-0.05, 0) is 12.8 Å². The standard InChI is InChI=1S/C14H28O5/c1-3-5-7-16-8-9-17-10-11-18-12-13-19-14(15)6-4-2/h3-13H2,1-2H3. The Kier molecular flexibility index (Phi) is 14.9. The van der Waals surface area contributed by atoms with Gasteiger partial charge in [0.1, 0.15) is 6.61 Å². The van der Waals surface area contributed by atoms with E-state index in [0.29, 0.717) is 46.1 Å². The highest BCUT2D eigenvalue weighted by molar-refractivity contribution is 5.69. The van der Waals surface area contributed by atoms with Crippen LogP contribution in [0.3, 0.4) is 0 Å². The Bertz CT molecular complexity index is 196. The maximum atomic E-state index is 11.0. The van der Waals surface area contributed by atoms with Gasteiger partial charge in [-0.3, -0.25) is 4.79 Å². The van der Waals surface area contributed by atoms with E-state index in [1.807, 2.05) is 6.92 Å². The number of esters is 1. The van der Waals surface area contributed by atoms with E-state index in [1.165, 1.54) is 0 Å². The van der Waals surface area contributed by atoms with Gasteiger partial charge in [0.2, 0.25) is 0 Å². The molecule has 0 amide bonds. The molecule has 5 heteroatoms. The van der Waals surface area contributed by atoms with Gasteiger partial charge in [0.05, 0.1) is 33.0 Å². The minimum atomic E-state index is -0.161. The van der Waals surface area contributed by atoms with Crippen molar-refractivity contribution in [1.29, 1.82) is 0 Å². The lowest BCUT2D eigenvalue weighted by Gasteiger charge is -2.07. The number of carbonyl (C=O) groups excluding carboxylic acids is 1. The Labute approximate surface area is 116 Å². The zero-order valence-electron chi connectivity index (χ0n) is 12.3. The third-order valence-corrected chi connectivity index (χ3v) is 2.33. The number of carbonyl (C=O) groups is 1. The molecule has 5 nitrogen and oxygen atoms in total. The zero-order chi connectivity index (χ0) is 14.2. The molecule has 0 radical (unpaired) electrons. The highest BCUT2D eigenvalue weighted by atomic mass is 16.6. The third-order valence-electron chi connectivity index (χ3n) is 2.33. The first-order chi connectivity index (χ1) is 9.31. The highest BCUT2D eigenvalue weighted by Gasteiger charge is 1.99. The molecule has 114 valence electrons. The van der Waals surface area contributed by atoms with E-state index in [2.05, 4.69) is 6.92 Å². The SMILES string of the molecule is CCCCOCCOCCOCCOC(=O)CCC. The second-order valence-electron chi connectivity index (χ2n) is 4.16. The zero-order valence-corrected chi connectivity index (χ0v) is 12.3. The van der Waals surface area contributed by atoms with E-state index in [4.69, 9.17) is 18.9 Å². The van der Waals surface area contributed by atoms with Crippen LogP contribution in [-0.4, -0.2) is 52.2 Å². The Morgan fingerprint density at radius 1 is 0.737 bits per heavy atom. The van der Waals surface area contributed by atoms with Crippen molar-refractivity contribution in [3.8, 4) is 0 Å². The molecule has 0 aliphatic rings. The number of rotatable bonds is 14. The van der Waals surface area contributed by atoms with Crippen LogP contribution >= 0.6 is 0 Å². The molecule has 0 spiro atoms. The summed E-state index contributed by atoms with van der Waals surface area (Å²) in [6, 6.07) is 0.